The quantitative estimate of drug-likeness (QED) is 0.636. The summed E-state index contributed by atoms with van der Waals surface area (Å²) in [5.41, 5.74) is 2.24. The molecule has 28 heavy (non-hydrogen) atoms. The average molecular weight is 399 g/mol. The van der Waals surface area contributed by atoms with Gasteiger partial charge >= 0.3 is 0 Å². The Balaban J connectivity index is 1.80. The largest absolute Gasteiger partial charge is 0.492 e. The van der Waals surface area contributed by atoms with Gasteiger partial charge in [0.25, 0.3) is 15.6 Å². The number of hydrogen-bond acceptors (Lipinski definition) is 5. The average Bonchev–Trinajstić information content (AvgIpc) is 2.67. The number of nitrogens with zero attached hydrogens (tertiary/aromatic N) is 1. The Morgan fingerprint density at radius 3 is 2.54 bits per heavy atom. The van der Waals surface area contributed by atoms with Gasteiger partial charge in [0, 0.05) is 12.0 Å². The molecule has 0 amide bonds. The Morgan fingerprint density at radius 1 is 1.11 bits per heavy atom. The highest BCUT2D eigenvalue weighted by Crippen LogP contribution is 2.26. The van der Waals surface area contributed by atoms with Crippen molar-refractivity contribution in [3.05, 3.63) is 81.8 Å². The molecule has 3 rings (SSSR count). The molecule has 146 valence electrons. The minimum absolute atomic E-state index is 0.127. The Bertz CT molecular complexity index is 1120. The Labute approximate surface area is 163 Å². The molecule has 7 nitrogen and oxygen atoms in total. The van der Waals surface area contributed by atoms with Crippen molar-refractivity contribution in [2.24, 2.45) is 0 Å². The molecule has 1 heterocycles. The third-order valence-electron chi connectivity index (χ3n) is 4.07. The monoisotopic (exact) mass is 399 g/mol. The summed E-state index contributed by atoms with van der Waals surface area (Å²) < 4.78 is 33.4. The van der Waals surface area contributed by atoms with Crippen molar-refractivity contribution in [3.8, 4) is 5.75 Å². The van der Waals surface area contributed by atoms with E-state index in [1.807, 2.05) is 6.92 Å². The second kappa shape index (κ2) is 8.26. The van der Waals surface area contributed by atoms with Crippen LogP contribution in [0.4, 0.5) is 5.69 Å². The zero-order valence-electron chi connectivity index (χ0n) is 15.6. The first-order valence-corrected chi connectivity index (χ1v) is 10.3. The molecule has 0 radical (unpaired) electrons. The number of para-hydroxylation sites is 2. The molecular formula is C20H21N3O4S. The smallest absolute Gasteiger partial charge is 0.267 e. The molecule has 1 aromatic heterocycles. The fraction of sp³-hybridized carbons (Fsp3) is 0.200. The number of rotatable bonds is 7. The van der Waals surface area contributed by atoms with Crippen LogP contribution in [-0.4, -0.2) is 25.2 Å². The fourth-order valence-corrected chi connectivity index (χ4v) is 3.80. The van der Waals surface area contributed by atoms with Crippen LogP contribution < -0.4 is 15.0 Å². The molecule has 0 aliphatic heterocycles. The van der Waals surface area contributed by atoms with E-state index in [-0.39, 0.29) is 10.5 Å². The highest BCUT2D eigenvalue weighted by atomic mass is 32.2. The van der Waals surface area contributed by atoms with Gasteiger partial charge in [0.15, 0.2) is 0 Å². The first-order chi connectivity index (χ1) is 13.4. The first-order valence-electron chi connectivity index (χ1n) is 8.78. The van der Waals surface area contributed by atoms with Crippen LogP contribution in [0.2, 0.25) is 0 Å². The highest BCUT2D eigenvalue weighted by molar-refractivity contribution is 7.92. The van der Waals surface area contributed by atoms with Gasteiger partial charge in [-0.15, -0.1) is 0 Å². The number of aromatic nitrogens is 2. The predicted molar refractivity (Wildman–Crippen MR) is 107 cm³/mol. The van der Waals surface area contributed by atoms with E-state index in [9.17, 15) is 13.2 Å². The summed E-state index contributed by atoms with van der Waals surface area (Å²) in [6.07, 6.45) is 0.389. The van der Waals surface area contributed by atoms with Crippen LogP contribution in [0.25, 0.3) is 0 Å². The van der Waals surface area contributed by atoms with Crippen LogP contribution in [0, 0.1) is 6.92 Å². The summed E-state index contributed by atoms with van der Waals surface area (Å²) in [7, 11) is -3.77. The number of H-pyrrole nitrogens is 1. The number of aromatic amines is 1. The summed E-state index contributed by atoms with van der Waals surface area (Å²) in [6.45, 7) is 4.06. The second-order valence-corrected chi connectivity index (χ2v) is 7.90. The van der Waals surface area contributed by atoms with Gasteiger partial charge in [-0.3, -0.25) is 9.52 Å². The molecule has 8 heteroatoms. The van der Waals surface area contributed by atoms with Crippen molar-refractivity contribution in [1.82, 2.24) is 10.2 Å². The van der Waals surface area contributed by atoms with Crippen LogP contribution >= 0.6 is 0 Å². The van der Waals surface area contributed by atoms with Gasteiger partial charge in [0.2, 0.25) is 0 Å². The molecule has 0 bridgehead atoms. The molecule has 0 unspecified atom stereocenters. The number of nitrogens with one attached hydrogen (secondary N) is 2. The maximum atomic E-state index is 12.7. The first kappa shape index (κ1) is 19.6. The third-order valence-corrected chi connectivity index (χ3v) is 5.45. The maximum Gasteiger partial charge on any atom is 0.267 e. The van der Waals surface area contributed by atoms with Gasteiger partial charge in [-0.2, -0.15) is 5.10 Å². The molecule has 0 saturated carbocycles. The molecule has 0 fully saturated rings. The minimum atomic E-state index is -3.77. The molecule has 0 spiro atoms. The normalized spacial score (nSPS) is 11.2. The van der Waals surface area contributed by atoms with Crippen molar-refractivity contribution in [3.63, 3.8) is 0 Å². The number of hydrogen-bond donors (Lipinski definition) is 2. The number of sulfonamides is 1. The van der Waals surface area contributed by atoms with Crippen molar-refractivity contribution in [1.29, 1.82) is 0 Å². The van der Waals surface area contributed by atoms with Gasteiger partial charge in [-0.25, -0.2) is 13.5 Å². The Hall–Kier alpha value is -3.13. The highest BCUT2D eigenvalue weighted by Gasteiger charge is 2.16. The van der Waals surface area contributed by atoms with Gasteiger partial charge in [-0.1, -0.05) is 24.3 Å². The van der Waals surface area contributed by atoms with Gasteiger partial charge in [0.05, 0.1) is 22.9 Å². The van der Waals surface area contributed by atoms with E-state index in [0.29, 0.717) is 35.7 Å². The maximum absolute atomic E-state index is 12.7. The summed E-state index contributed by atoms with van der Waals surface area (Å²) in [5, 5.41) is 6.30. The van der Waals surface area contributed by atoms with E-state index in [2.05, 4.69) is 14.9 Å². The predicted octanol–water partition coefficient (Wildman–Crippen LogP) is 2.87. The van der Waals surface area contributed by atoms with Crippen LogP contribution in [0.15, 0.2) is 64.3 Å². The molecule has 2 N–H and O–H groups in total. The van der Waals surface area contributed by atoms with Gasteiger partial charge in [0.1, 0.15) is 5.75 Å². The third kappa shape index (κ3) is 4.58. The molecular weight excluding hydrogens is 378 g/mol. The topological polar surface area (TPSA) is 101 Å². The van der Waals surface area contributed by atoms with Crippen molar-refractivity contribution >= 4 is 15.7 Å². The van der Waals surface area contributed by atoms with Gasteiger partial charge in [-0.05, 0) is 49.7 Å². The summed E-state index contributed by atoms with van der Waals surface area (Å²) >= 11 is 0. The second-order valence-electron chi connectivity index (χ2n) is 6.22. The molecule has 3 aromatic rings. The van der Waals surface area contributed by atoms with Crippen molar-refractivity contribution in [2.75, 3.05) is 11.3 Å². The lowest BCUT2D eigenvalue weighted by atomic mass is 10.1. The molecule has 0 aliphatic rings. The minimum Gasteiger partial charge on any atom is -0.492 e. The van der Waals surface area contributed by atoms with E-state index >= 15 is 0 Å². The summed E-state index contributed by atoms with van der Waals surface area (Å²) in [4.78, 5) is 12.0. The van der Waals surface area contributed by atoms with Crippen molar-refractivity contribution < 1.29 is 13.2 Å². The number of benzene rings is 2. The van der Waals surface area contributed by atoms with E-state index in [4.69, 9.17) is 4.74 Å². The van der Waals surface area contributed by atoms with E-state index in [1.165, 1.54) is 12.1 Å². The zero-order chi connectivity index (χ0) is 20.1. The van der Waals surface area contributed by atoms with E-state index in [1.54, 1.807) is 49.4 Å². The number of ether oxygens (including phenoxy) is 1. The Kier molecular flexibility index (Phi) is 5.79. The SMILES string of the molecule is CCOc1ccccc1NS(=O)(=O)c1ccc(Cc2cc(C)n[nH]c2=O)cc1. The standard InChI is InChI=1S/C20H21N3O4S/c1-3-27-19-7-5-4-6-18(19)23-28(25,26)17-10-8-15(9-11-17)13-16-12-14(2)21-22-20(16)24/h4-12,23H,3,13H2,1-2H3,(H,22,24). The Morgan fingerprint density at radius 2 is 1.82 bits per heavy atom. The molecule has 0 saturated heterocycles. The molecule has 2 aromatic carbocycles. The number of aryl methyl sites for hydroxylation is 1. The van der Waals surface area contributed by atoms with Crippen molar-refractivity contribution in [2.45, 2.75) is 25.2 Å². The summed E-state index contributed by atoms with van der Waals surface area (Å²) in [5.74, 6) is 0.470. The van der Waals surface area contributed by atoms with Gasteiger partial charge < -0.3 is 4.74 Å². The lowest BCUT2D eigenvalue weighted by Crippen LogP contribution is -2.15. The molecule has 0 atom stereocenters. The van der Waals surface area contributed by atoms with Crippen LogP contribution in [0.5, 0.6) is 5.75 Å². The fourth-order valence-electron chi connectivity index (χ4n) is 2.73. The van der Waals surface area contributed by atoms with Crippen LogP contribution in [0.3, 0.4) is 0 Å². The summed E-state index contributed by atoms with van der Waals surface area (Å²) in [6, 6.07) is 15.0. The lowest BCUT2D eigenvalue weighted by Gasteiger charge is -2.13. The zero-order valence-corrected chi connectivity index (χ0v) is 16.4. The van der Waals surface area contributed by atoms with Crippen LogP contribution in [0.1, 0.15) is 23.7 Å². The van der Waals surface area contributed by atoms with E-state index < -0.39 is 10.0 Å². The van der Waals surface area contributed by atoms with Crippen LogP contribution in [-0.2, 0) is 16.4 Å². The lowest BCUT2D eigenvalue weighted by molar-refractivity contribution is 0.342. The molecule has 0 aliphatic carbocycles. The number of anilines is 1. The van der Waals surface area contributed by atoms with E-state index in [0.717, 1.165) is 5.56 Å².